The van der Waals surface area contributed by atoms with E-state index in [2.05, 4.69) is 28.7 Å². The minimum absolute atomic E-state index is 0.0386. The van der Waals surface area contributed by atoms with Gasteiger partial charge in [0.2, 0.25) is 0 Å². The van der Waals surface area contributed by atoms with Crippen molar-refractivity contribution in [2.75, 3.05) is 32.7 Å². The number of likely N-dealkylation sites (tertiary alicyclic amines) is 2. The van der Waals surface area contributed by atoms with E-state index in [0.29, 0.717) is 12.2 Å². The number of nitrogens with zero attached hydrogens (tertiary/aromatic N) is 4. The number of rotatable bonds is 5. The number of hydrogen-bond donors (Lipinski definition) is 2. The molecule has 3 unspecified atom stereocenters. The second kappa shape index (κ2) is 7.72. The quantitative estimate of drug-likeness (QED) is 0.726. The van der Waals surface area contributed by atoms with Crippen molar-refractivity contribution in [3.8, 4) is 11.5 Å². The Balaban J connectivity index is 1.39. The van der Waals surface area contributed by atoms with Gasteiger partial charge in [0.25, 0.3) is 0 Å². The Bertz CT molecular complexity index is 1020. The second-order valence-electron chi connectivity index (χ2n) is 10.8. The van der Waals surface area contributed by atoms with E-state index in [1.807, 2.05) is 29.2 Å². The van der Waals surface area contributed by atoms with E-state index in [1.54, 1.807) is 6.07 Å². The lowest BCUT2D eigenvalue weighted by atomic mass is 9.56. The van der Waals surface area contributed by atoms with Crippen LogP contribution in [0.15, 0.2) is 30.6 Å². The van der Waals surface area contributed by atoms with Crippen molar-refractivity contribution in [3.63, 3.8) is 0 Å². The zero-order valence-corrected chi connectivity index (χ0v) is 19.8. The Hall–Kier alpha value is -2.09. The Labute approximate surface area is 195 Å². The largest absolute Gasteiger partial charge is 0.504 e. The molecule has 1 aromatic carbocycles. The highest BCUT2D eigenvalue weighted by Gasteiger charge is 2.67. The molecule has 0 radical (unpaired) electrons. The molecule has 4 heterocycles. The Morgan fingerprint density at radius 1 is 1.18 bits per heavy atom. The number of phenols is 1. The SMILES string of the molecule is Cc1ccc(O)c2c1C13CCN(CC4CC4)C(C)C1(O)CCN(CCn1cccn1)C[C@@H]3O2. The summed E-state index contributed by atoms with van der Waals surface area (Å²) in [6.07, 6.45) is 7.81. The van der Waals surface area contributed by atoms with E-state index in [4.69, 9.17) is 4.74 Å². The van der Waals surface area contributed by atoms with Crippen molar-refractivity contribution < 1.29 is 14.9 Å². The first kappa shape index (κ1) is 21.4. The average molecular weight is 453 g/mol. The van der Waals surface area contributed by atoms with Gasteiger partial charge in [0.1, 0.15) is 6.10 Å². The lowest BCUT2D eigenvalue weighted by molar-refractivity contribution is -0.151. The summed E-state index contributed by atoms with van der Waals surface area (Å²) < 4.78 is 8.54. The number of ether oxygens (including phenoxy) is 1. The summed E-state index contributed by atoms with van der Waals surface area (Å²) in [7, 11) is 0. The molecule has 3 aliphatic heterocycles. The fraction of sp³-hybridized carbons (Fsp3) is 0.654. The number of benzene rings is 1. The molecule has 1 spiro atoms. The number of hydrogen-bond acceptors (Lipinski definition) is 6. The Morgan fingerprint density at radius 3 is 2.79 bits per heavy atom. The first-order valence-electron chi connectivity index (χ1n) is 12.6. The smallest absolute Gasteiger partial charge is 0.165 e. The monoisotopic (exact) mass is 452 g/mol. The summed E-state index contributed by atoms with van der Waals surface area (Å²) in [6.45, 7) is 9.60. The third kappa shape index (κ3) is 3.23. The first-order valence-corrected chi connectivity index (χ1v) is 12.6. The topological polar surface area (TPSA) is 74.0 Å². The van der Waals surface area contributed by atoms with Gasteiger partial charge < -0.3 is 14.9 Å². The summed E-state index contributed by atoms with van der Waals surface area (Å²) in [5.74, 6) is 1.57. The van der Waals surface area contributed by atoms with E-state index in [-0.39, 0.29) is 17.9 Å². The third-order valence-electron chi connectivity index (χ3n) is 9.03. The number of aliphatic hydroxyl groups is 1. The molecule has 178 valence electrons. The molecule has 3 fully saturated rings. The first-order chi connectivity index (χ1) is 15.9. The van der Waals surface area contributed by atoms with Crippen LogP contribution >= 0.6 is 0 Å². The molecular formula is C26H36N4O3. The van der Waals surface area contributed by atoms with Crippen molar-refractivity contribution in [2.24, 2.45) is 5.92 Å². The van der Waals surface area contributed by atoms with Gasteiger partial charge in [0.05, 0.1) is 17.6 Å². The van der Waals surface area contributed by atoms with Crippen LogP contribution in [-0.4, -0.2) is 80.3 Å². The Kier molecular flexibility index (Phi) is 5.02. The molecule has 1 aromatic heterocycles. The summed E-state index contributed by atoms with van der Waals surface area (Å²) in [5, 5.41) is 27.8. The lowest BCUT2D eigenvalue weighted by Gasteiger charge is -2.57. The molecule has 1 saturated carbocycles. The number of piperidine rings is 1. The summed E-state index contributed by atoms with van der Waals surface area (Å²) in [6, 6.07) is 5.71. The van der Waals surface area contributed by atoms with Crippen LogP contribution in [0.4, 0.5) is 0 Å². The number of aryl methyl sites for hydroxylation is 1. The van der Waals surface area contributed by atoms with Crippen molar-refractivity contribution >= 4 is 0 Å². The zero-order chi connectivity index (χ0) is 22.8. The normalized spacial score (nSPS) is 34.3. The molecule has 4 aliphatic rings. The number of phenolic OH excluding ortho intramolecular Hbond substituents is 1. The van der Waals surface area contributed by atoms with Gasteiger partial charge in [-0.15, -0.1) is 0 Å². The highest BCUT2D eigenvalue weighted by molar-refractivity contribution is 5.59. The summed E-state index contributed by atoms with van der Waals surface area (Å²) in [4.78, 5) is 4.94. The van der Waals surface area contributed by atoms with Gasteiger partial charge in [-0.25, -0.2) is 0 Å². The molecule has 7 nitrogen and oxygen atoms in total. The van der Waals surface area contributed by atoms with Crippen LogP contribution in [0.2, 0.25) is 0 Å². The maximum Gasteiger partial charge on any atom is 0.165 e. The average Bonchev–Trinajstić information content (AvgIpc) is 3.37. The van der Waals surface area contributed by atoms with Crippen LogP contribution in [0.25, 0.3) is 0 Å². The van der Waals surface area contributed by atoms with Gasteiger partial charge in [-0.05, 0) is 69.7 Å². The lowest BCUT2D eigenvalue weighted by Crippen LogP contribution is -2.70. The van der Waals surface area contributed by atoms with Crippen LogP contribution in [0.5, 0.6) is 11.5 Å². The molecule has 2 aromatic rings. The van der Waals surface area contributed by atoms with Crippen molar-refractivity contribution in [3.05, 3.63) is 41.7 Å². The predicted molar refractivity (Wildman–Crippen MR) is 126 cm³/mol. The van der Waals surface area contributed by atoms with Crippen LogP contribution in [-0.2, 0) is 12.0 Å². The maximum atomic E-state index is 12.7. The van der Waals surface area contributed by atoms with Gasteiger partial charge in [-0.3, -0.25) is 14.5 Å². The molecule has 7 heteroatoms. The van der Waals surface area contributed by atoms with E-state index in [1.165, 1.54) is 12.8 Å². The maximum absolute atomic E-state index is 12.7. The second-order valence-corrected chi connectivity index (χ2v) is 10.8. The van der Waals surface area contributed by atoms with Crippen LogP contribution in [0, 0.1) is 12.8 Å². The predicted octanol–water partition coefficient (Wildman–Crippen LogP) is 2.54. The fourth-order valence-electron chi connectivity index (χ4n) is 6.97. The number of aromatic nitrogens is 2. The molecule has 4 atom stereocenters. The van der Waals surface area contributed by atoms with Gasteiger partial charge >= 0.3 is 0 Å². The highest BCUT2D eigenvalue weighted by atomic mass is 16.5. The van der Waals surface area contributed by atoms with Crippen LogP contribution in [0.1, 0.15) is 43.7 Å². The summed E-state index contributed by atoms with van der Waals surface area (Å²) in [5.41, 5.74) is 0.721. The molecule has 0 bridgehead atoms. The molecule has 2 N–H and O–H groups in total. The van der Waals surface area contributed by atoms with Gasteiger partial charge in [-0.1, -0.05) is 6.07 Å². The van der Waals surface area contributed by atoms with Gasteiger partial charge in [0, 0.05) is 50.2 Å². The van der Waals surface area contributed by atoms with E-state index in [9.17, 15) is 10.2 Å². The fourth-order valence-corrected chi connectivity index (χ4v) is 6.97. The number of aromatic hydroxyl groups is 1. The van der Waals surface area contributed by atoms with E-state index >= 15 is 0 Å². The van der Waals surface area contributed by atoms with Gasteiger partial charge in [0.15, 0.2) is 11.5 Å². The van der Waals surface area contributed by atoms with Crippen molar-refractivity contribution in [1.82, 2.24) is 19.6 Å². The van der Waals surface area contributed by atoms with Crippen molar-refractivity contribution in [2.45, 2.75) is 69.2 Å². The molecule has 6 rings (SSSR count). The molecule has 2 saturated heterocycles. The van der Waals surface area contributed by atoms with E-state index in [0.717, 1.165) is 62.7 Å². The molecular weight excluding hydrogens is 416 g/mol. The molecule has 33 heavy (non-hydrogen) atoms. The van der Waals surface area contributed by atoms with E-state index < -0.39 is 11.0 Å². The zero-order valence-electron chi connectivity index (χ0n) is 19.8. The minimum atomic E-state index is -0.922. The standard InChI is InChI=1S/C26H36N4O3/c1-18-4-7-21(31)24-23(18)25-8-13-29(16-20-5-6-20)19(2)26(25,32)9-12-28(17-22(25)33-24)14-15-30-11-3-10-27-30/h3-4,7,10-11,19-20,22,31-32H,5-6,8-9,12-17H2,1-2H3/t19?,22-,25?,26?/m0/s1. The van der Waals surface area contributed by atoms with Gasteiger partial charge in [-0.2, -0.15) is 5.10 Å². The van der Waals surface area contributed by atoms with Crippen LogP contribution in [0.3, 0.4) is 0 Å². The minimum Gasteiger partial charge on any atom is -0.504 e. The van der Waals surface area contributed by atoms with Crippen molar-refractivity contribution in [1.29, 1.82) is 0 Å². The summed E-state index contributed by atoms with van der Waals surface area (Å²) >= 11 is 0. The highest BCUT2D eigenvalue weighted by Crippen LogP contribution is 2.60. The Morgan fingerprint density at radius 2 is 2.03 bits per heavy atom. The molecule has 1 aliphatic carbocycles. The molecule has 0 amide bonds. The number of fused-ring (bicyclic) bond motifs is 1. The third-order valence-corrected chi connectivity index (χ3v) is 9.03. The van der Waals surface area contributed by atoms with Crippen LogP contribution < -0.4 is 4.74 Å².